The Hall–Kier alpha value is -3.67. The molecule has 6 heteroatoms. The van der Waals surface area contributed by atoms with E-state index in [-0.39, 0.29) is 17.6 Å². The van der Waals surface area contributed by atoms with E-state index in [0.717, 1.165) is 33.7 Å². The summed E-state index contributed by atoms with van der Waals surface area (Å²) < 4.78 is 22.6. The summed E-state index contributed by atoms with van der Waals surface area (Å²) in [7, 11) is 0. The van der Waals surface area contributed by atoms with Gasteiger partial charge < -0.3 is 14.2 Å². The highest BCUT2D eigenvalue weighted by Crippen LogP contribution is 2.34. The summed E-state index contributed by atoms with van der Waals surface area (Å²) >= 11 is 0. The van der Waals surface area contributed by atoms with Gasteiger partial charge in [-0.3, -0.25) is 4.79 Å². The lowest BCUT2D eigenvalue weighted by atomic mass is 10.1. The first kappa shape index (κ1) is 21.2. The molecule has 1 saturated heterocycles. The van der Waals surface area contributed by atoms with Gasteiger partial charge >= 0.3 is 0 Å². The Balaban J connectivity index is 1.42. The van der Waals surface area contributed by atoms with Crippen molar-refractivity contribution in [2.75, 3.05) is 18.1 Å². The van der Waals surface area contributed by atoms with Gasteiger partial charge in [-0.05, 0) is 55.3 Å². The summed E-state index contributed by atoms with van der Waals surface area (Å²) in [4.78, 5) is 19.2. The molecule has 1 aliphatic rings. The molecule has 1 aromatic heterocycles. The van der Waals surface area contributed by atoms with Crippen molar-refractivity contribution in [3.63, 3.8) is 0 Å². The number of hydrogen-bond donors (Lipinski definition) is 0. The molecule has 0 N–H and O–H groups in total. The van der Waals surface area contributed by atoms with Crippen molar-refractivity contribution in [2.45, 2.75) is 32.7 Å². The lowest BCUT2D eigenvalue weighted by Gasteiger charge is -2.18. The third-order valence-electron chi connectivity index (χ3n) is 6.23. The number of carbonyl (C=O) groups excluding carboxylic acids is 1. The van der Waals surface area contributed by atoms with E-state index in [0.29, 0.717) is 31.8 Å². The molecule has 168 valence electrons. The van der Waals surface area contributed by atoms with Crippen molar-refractivity contribution in [2.24, 2.45) is 0 Å². The highest BCUT2D eigenvalue weighted by Gasteiger charge is 2.35. The van der Waals surface area contributed by atoms with E-state index in [2.05, 4.69) is 16.7 Å². The number of amides is 1. The number of rotatable bonds is 6. The molecule has 33 heavy (non-hydrogen) atoms. The van der Waals surface area contributed by atoms with Crippen molar-refractivity contribution in [3.05, 3.63) is 89.5 Å². The van der Waals surface area contributed by atoms with Gasteiger partial charge in [0.2, 0.25) is 5.91 Å². The van der Waals surface area contributed by atoms with Crippen molar-refractivity contribution >= 4 is 22.6 Å². The Labute approximate surface area is 192 Å². The van der Waals surface area contributed by atoms with Crippen LogP contribution in [0.5, 0.6) is 5.75 Å². The van der Waals surface area contributed by atoms with Crippen LogP contribution >= 0.6 is 0 Å². The molecule has 5 nitrogen and oxygen atoms in total. The maximum atomic E-state index is 14.3. The number of anilines is 1. The Bertz CT molecular complexity index is 1330. The molecule has 0 saturated carbocycles. The zero-order valence-electron chi connectivity index (χ0n) is 18.8. The number of carbonyl (C=O) groups is 1. The molecule has 1 atom stereocenters. The minimum atomic E-state index is -0.387. The first-order valence-electron chi connectivity index (χ1n) is 11.2. The monoisotopic (exact) mass is 443 g/mol. The molecule has 5 rings (SSSR count). The predicted molar refractivity (Wildman–Crippen MR) is 127 cm³/mol. The van der Waals surface area contributed by atoms with E-state index in [1.54, 1.807) is 18.2 Å². The molecule has 0 radical (unpaired) electrons. The lowest BCUT2D eigenvalue weighted by molar-refractivity contribution is -0.117. The average Bonchev–Trinajstić information content (AvgIpc) is 3.37. The van der Waals surface area contributed by atoms with Crippen LogP contribution in [0.15, 0.2) is 66.7 Å². The van der Waals surface area contributed by atoms with Crippen LogP contribution in [0.1, 0.15) is 29.3 Å². The van der Waals surface area contributed by atoms with E-state index < -0.39 is 0 Å². The topological polar surface area (TPSA) is 47.4 Å². The molecular weight excluding hydrogens is 417 g/mol. The van der Waals surface area contributed by atoms with Gasteiger partial charge in [0.1, 0.15) is 24.0 Å². The second kappa shape index (κ2) is 8.70. The molecule has 2 heterocycles. The lowest BCUT2D eigenvalue weighted by Crippen LogP contribution is -2.25. The number of imidazole rings is 1. The van der Waals surface area contributed by atoms with Crippen molar-refractivity contribution in [1.29, 1.82) is 0 Å². The van der Waals surface area contributed by atoms with Crippen molar-refractivity contribution in [1.82, 2.24) is 9.55 Å². The van der Waals surface area contributed by atoms with Crippen LogP contribution in [0, 0.1) is 19.7 Å². The standard InChI is InChI=1S/C27H26FN3O2/c1-18-11-12-19(2)25(15-18)33-14-13-30-24-10-6-4-8-22(24)29-27(30)20-16-26(32)31(17-20)23-9-5-3-7-21(23)28/h3-12,15,20H,13-14,16-17H2,1-2H3. The number of aromatic nitrogens is 2. The second-order valence-electron chi connectivity index (χ2n) is 8.58. The van der Waals surface area contributed by atoms with Gasteiger partial charge in [-0.2, -0.15) is 0 Å². The van der Waals surface area contributed by atoms with Crippen LogP contribution in [0.25, 0.3) is 11.0 Å². The Morgan fingerprint density at radius 3 is 2.70 bits per heavy atom. The maximum Gasteiger partial charge on any atom is 0.227 e. The van der Waals surface area contributed by atoms with Crippen molar-refractivity contribution < 1.29 is 13.9 Å². The van der Waals surface area contributed by atoms with Crippen molar-refractivity contribution in [3.8, 4) is 5.75 Å². The molecule has 0 bridgehead atoms. The first-order chi connectivity index (χ1) is 16.0. The predicted octanol–water partition coefficient (Wildman–Crippen LogP) is 5.39. The number of halogens is 1. The zero-order valence-corrected chi connectivity index (χ0v) is 18.8. The molecule has 0 spiro atoms. The third-order valence-corrected chi connectivity index (χ3v) is 6.23. The Morgan fingerprint density at radius 2 is 1.85 bits per heavy atom. The quantitative estimate of drug-likeness (QED) is 0.401. The number of nitrogens with zero attached hydrogens (tertiary/aromatic N) is 3. The first-order valence-corrected chi connectivity index (χ1v) is 11.2. The largest absolute Gasteiger partial charge is 0.491 e. The number of para-hydroxylation sites is 3. The minimum absolute atomic E-state index is 0.0876. The summed E-state index contributed by atoms with van der Waals surface area (Å²) in [5.41, 5.74) is 4.47. The fourth-order valence-electron chi connectivity index (χ4n) is 4.53. The summed E-state index contributed by atoms with van der Waals surface area (Å²) in [6, 6.07) is 20.6. The molecule has 4 aromatic rings. The average molecular weight is 444 g/mol. The number of ether oxygens (including phenoxy) is 1. The van der Waals surface area contributed by atoms with Gasteiger partial charge in [-0.25, -0.2) is 9.37 Å². The van der Waals surface area contributed by atoms with Crippen LogP contribution in [0.3, 0.4) is 0 Å². The van der Waals surface area contributed by atoms with Crippen LogP contribution in [-0.4, -0.2) is 28.6 Å². The fraction of sp³-hybridized carbons (Fsp3) is 0.259. The van der Waals surface area contributed by atoms with E-state index in [1.807, 2.05) is 44.2 Å². The smallest absolute Gasteiger partial charge is 0.227 e. The number of fused-ring (bicyclic) bond motifs is 1. The van der Waals surface area contributed by atoms with Crippen LogP contribution in [-0.2, 0) is 11.3 Å². The normalized spacial score (nSPS) is 16.0. The molecule has 1 aliphatic heterocycles. The number of aryl methyl sites for hydroxylation is 2. The molecule has 1 fully saturated rings. The van der Waals surface area contributed by atoms with E-state index in [1.165, 1.54) is 11.0 Å². The van der Waals surface area contributed by atoms with E-state index >= 15 is 0 Å². The summed E-state index contributed by atoms with van der Waals surface area (Å²) in [6.07, 6.45) is 0.301. The van der Waals surface area contributed by atoms with Crippen LogP contribution in [0.4, 0.5) is 10.1 Å². The van der Waals surface area contributed by atoms with Gasteiger partial charge in [0.05, 0.1) is 23.3 Å². The molecule has 3 aromatic carbocycles. The molecule has 1 unspecified atom stereocenters. The molecule has 0 aliphatic carbocycles. The highest BCUT2D eigenvalue weighted by molar-refractivity contribution is 5.96. The number of hydrogen-bond acceptors (Lipinski definition) is 3. The van der Waals surface area contributed by atoms with Gasteiger partial charge in [-0.1, -0.05) is 36.4 Å². The Kier molecular flexibility index (Phi) is 5.58. The number of benzene rings is 3. The Morgan fingerprint density at radius 1 is 1.06 bits per heavy atom. The van der Waals surface area contributed by atoms with E-state index in [9.17, 15) is 9.18 Å². The summed E-state index contributed by atoms with van der Waals surface area (Å²) in [6.45, 7) is 5.57. The zero-order chi connectivity index (χ0) is 22.9. The SMILES string of the molecule is Cc1ccc(C)c(OCCn2c(C3CC(=O)N(c4ccccc4F)C3)nc3ccccc32)c1. The van der Waals surface area contributed by atoms with E-state index in [4.69, 9.17) is 9.72 Å². The minimum Gasteiger partial charge on any atom is -0.491 e. The van der Waals surface area contributed by atoms with Gasteiger partial charge in [0.15, 0.2) is 0 Å². The third kappa shape index (κ3) is 4.09. The maximum absolute atomic E-state index is 14.3. The van der Waals surface area contributed by atoms with Gasteiger partial charge in [0.25, 0.3) is 0 Å². The summed E-state index contributed by atoms with van der Waals surface area (Å²) in [5, 5.41) is 0. The van der Waals surface area contributed by atoms with Gasteiger partial charge in [-0.15, -0.1) is 0 Å². The van der Waals surface area contributed by atoms with Gasteiger partial charge in [0, 0.05) is 18.9 Å². The molecular formula is C27H26FN3O2. The fourth-order valence-corrected chi connectivity index (χ4v) is 4.53. The van der Waals surface area contributed by atoms with Crippen LogP contribution < -0.4 is 9.64 Å². The summed E-state index contributed by atoms with van der Waals surface area (Å²) in [5.74, 6) is 1.12. The molecule has 1 amide bonds. The second-order valence-corrected chi connectivity index (χ2v) is 8.58. The highest BCUT2D eigenvalue weighted by atomic mass is 19.1. The van der Waals surface area contributed by atoms with Crippen LogP contribution in [0.2, 0.25) is 0 Å².